The molecule has 0 saturated carbocycles. The van der Waals surface area contributed by atoms with E-state index in [9.17, 15) is 13.8 Å². The lowest BCUT2D eigenvalue weighted by molar-refractivity contribution is -0.159. The van der Waals surface area contributed by atoms with E-state index in [4.69, 9.17) is 14.2 Å². The summed E-state index contributed by atoms with van der Waals surface area (Å²) in [6.45, 7) is 14.2. The van der Waals surface area contributed by atoms with Crippen LogP contribution in [0.3, 0.4) is 0 Å². The first-order valence-corrected chi connectivity index (χ1v) is 11.1. The van der Waals surface area contributed by atoms with Crippen LogP contribution in [0.2, 0.25) is 0 Å². The van der Waals surface area contributed by atoms with Gasteiger partial charge in [-0.1, -0.05) is 44.2 Å². The highest BCUT2D eigenvalue weighted by atomic mass is 32.2. The minimum Gasteiger partial charge on any atom is -0.458 e. The van der Waals surface area contributed by atoms with Gasteiger partial charge in [0.25, 0.3) is 0 Å². The minimum absolute atomic E-state index is 0.0288. The molecule has 0 radical (unpaired) electrons. The van der Waals surface area contributed by atoms with Gasteiger partial charge in [-0.3, -0.25) is 0 Å². The lowest BCUT2D eigenvalue weighted by Gasteiger charge is -2.31. The number of nitrogens with one attached hydrogen (secondary N) is 1. The summed E-state index contributed by atoms with van der Waals surface area (Å²) in [5.41, 5.74) is 0.0130. The third-order valence-corrected chi connectivity index (χ3v) is 5.51. The molecule has 170 valence electrons. The highest BCUT2D eigenvalue weighted by Crippen LogP contribution is 2.19. The van der Waals surface area contributed by atoms with Gasteiger partial charge in [0, 0.05) is 0 Å². The quantitative estimate of drug-likeness (QED) is 0.610. The highest BCUT2D eigenvalue weighted by Gasteiger charge is 2.39. The third-order valence-electron chi connectivity index (χ3n) is 3.91. The summed E-state index contributed by atoms with van der Waals surface area (Å²) in [5.74, 6) is -0.921. The van der Waals surface area contributed by atoms with E-state index in [0.29, 0.717) is 0 Å². The number of carbonyl (C=O) groups is 2. The van der Waals surface area contributed by atoms with Crippen LogP contribution >= 0.6 is 0 Å². The maximum absolute atomic E-state index is 12.9. The van der Waals surface area contributed by atoms with Crippen LogP contribution in [0.25, 0.3) is 0 Å². The van der Waals surface area contributed by atoms with Crippen molar-refractivity contribution in [3.05, 3.63) is 35.9 Å². The van der Waals surface area contributed by atoms with E-state index in [0.717, 1.165) is 5.56 Å². The van der Waals surface area contributed by atoms with E-state index in [2.05, 4.69) is 4.72 Å². The summed E-state index contributed by atoms with van der Waals surface area (Å²) < 4.78 is 31.0. The molecule has 30 heavy (non-hydrogen) atoms. The Balaban J connectivity index is 3.07. The molecule has 0 aliphatic carbocycles. The second-order valence-corrected chi connectivity index (χ2v) is 11.4. The Labute approximate surface area is 182 Å². The number of rotatable bonds is 8. The summed E-state index contributed by atoms with van der Waals surface area (Å²) in [5, 5.41) is 0. The van der Waals surface area contributed by atoms with Crippen molar-refractivity contribution in [1.29, 1.82) is 0 Å². The Morgan fingerprint density at radius 1 is 1.03 bits per heavy atom. The number of ether oxygens (including phenoxy) is 3. The molecule has 3 atom stereocenters. The van der Waals surface area contributed by atoms with Gasteiger partial charge in [-0.05, 0) is 53.0 Å². The molecule has 0 amide bonds. The first kappa shape index (κ1) is 26.1. The number of hydrogen-bond donors (Lipinski definition) is 1. The summed E-state index contributed by atoms with van der Waals surface area (Å²) >= 11 is 0. The predicted octanol–water partition coefficient (Wildman–Crippen LogP) is 4.13. The molecule has 7 nitrogen and oxygen atoms in total. The fourth-order valence-electron chi connectivity index (χ4n) is 2.30. The SMILES string of the molecule is CC(C)[C@H](N[S@](=O)C(C)(C)C)[C@@H](OC(=O)OC(C)(C)C)C(=O)OCc1ccccc1. The fourth-order valence-corrected chi connectivity index (χ4v) is 3.30. The molecule has 8 heteroatoms. The molecule has 0 aromatic heterocycles. The fraction of sp³-hybridized carbons (Fsp3) is 0.636. The Kier molecular flexibility index (Phi) is 9.49. The Morgan fingerprint density at radius 2 is 1.60 bits per heavy atom. The molecule has 0 heterocycles. The minimum atomic E-state index is -1.49. The Hall–Kier alpha value is -1.93. The summed E-state index contributed by atoms with van der Waals surface area (Å²) in [7, 11) is -1.49. The van der Waals surface area contributed by atoms with Crippen LogP contribution in [0.5, 0.6) is 0 Å². The van der Waals surface area contributed by atoms with Crippen LogP contribution in [-0.2, 0) is 36.6 Å². The number of hydrogen-bond acceptors (Lipinski definition) is 6. The molecule has 0 saturated heterocycles. The lowest BCUT2D eigenvalue weighted by Crippen LogP contribution is -2.53. The van der Waals surface area contributed by atoms with Crippen molar-refractivity contribution in [1.82, 2.24) is 4.72 Å². The molecule has 1 rings (SSSR count). The monoisotopic (exact) mass is 441 g/mol. The van der Waals surface area contributed by atoms with E-state index in [1.807, 2.05) is 65.0 Å². The van der Waals surface area contributed by atoms with Gasteiger partial charge < -0.3 is 14.2 Å². The standard InChI is InChI=1S/C22H35NO6S/c1-15(2)17(23-30(26)22(6,7)8)18(28-20(25)29-21(3,4)5)19(24)27-14-16-12-10-9-11-13-16/h9-13,15,17-18,23H,14H2,1-8H3/t17-,18+,30+/m0/s1. The molecule has 0 aliphatic heterocycles. The summed E-state index contributed by atoms with van der Waals surface area (Å²) in [6, 6.07) is 8.44. The molecule has 0 bridgehead atoms. The van der Waals surface area contributed by atoms with Crippen molar-refractivity contribution in [3.8, 4) is 0 Å². The van der Waals surface area contributed by atoms with Crippen molar-refractivity contribution in [3.63, 3.8) is 0 Å². The smallest absolute Gasteiger partial charge is 0.458 e. The zero-order valence-corrected chi connectivity index (χ0v) is 20.0. The second-order valence-electron chi connectivity index (χ2n) is 9.36. The molecular formula is C22H35NO6S. The average Bonchev–Trinajstić information content (AvgIpc) is 2.60. The molecule has 0 unspecified atom stereocenters. The zero-order valence-electron chi connectivity index (χ0n) is 19.2. The topological polar surface area (TPSA) is 90.9 Å². The molecular weight excluding hydrogens is 406 g/mol. The van der Waals surface area contributed by atoms with Crippen LogP contribution in [0.4, 0.5) is 4.79 Å². The highest BCUT2D eigenvalue weighted by molar-refractivity contribution is 7.84. The van der Waals surface area contributed by atoms with E-state index >= 15 is 0 Å². The van der Waals surface area contributed by atoms with Gasteiger partial charge in [0.1, 0.15) is 12.2 Å². The number of benzene rings is 1. The maximum Gasteiger partial charge on any atom is 0.509 e. The van der Waals surface area contributed by atoms with Gasteiger partial charge in [-0.25, -0.2) is 18.5 Å². The summed E-state index contributed by atoms with van der Waals surface area (Å²) in [4.78, 5) is 25.2. The molecule has 1 N–H and O–H groups in total. The third kappa shape index (κ3) is 9.26. The van der Waals surface area contributed by atoms with Gasteiger partial charge in [0.2, 0.25) is 6.10 Å². The van der Waals surface area contributed by atoms with E-state index < -0.39 is 45.6 Å². The van der Waals surface area contributed by atoms with Crippen LogP contribution in [0.15, 0.2) is 30.3 Å². The van der Waals surface area contributed by atoms with E-state index in [-0.39, 0.29) is 12.5 Å². The van der Waals surface area contributed by atoms with Gasteiger partial charge in [0.15, 0.2) is 0 Å². The summed E-state index contributed by atoms with van der Waals surface area (Å²) in [6.07, 6.45) is -2.31. The maximum atomic E-state index is 12.9. The van der Waals surface area contributed by atoms with Crippen LogP contribution in [0, 0.1) is 5.92 Å². The molecule has 0 aliphatic rings. The average molecular weight is 442 g/mol. The van der Waals surface area contributed by atoms with Gasteiger partial charge in [0.05, 0.1) is 21.8 Å². The van der Waals surface area contributed by atoms with Crippen molar-refractivity contribution < 1.29 is 28.0 Å². The van der Waals surface area contributed by atoms with Crippen molar-refractivity contribution in [2.75, 3.05) is 0 Å². The molecule has 1 aromatic carbocycles. The second kappa shape index (κ2) is 10.9. The van der Waals surface area contributed by atoms with Crippen LogP contribution in [-0.4, -0.2) is 38.8 Å². The number of esters is 1. The first-order chi connectivity index (χ1) is 13.7. The van der Waals surface area contributed by atoms with Gasteiger partial charge >= 0.3 is 12.1 Å². The van der Waals surface area contributed by atoms with Crippen molar-refractivity contribution >= 4 is 23.1 Å². The van der Waals surface area contributed by atoms with Crippen LogP contribution < -0.4 is 4.72 Å². The Bertz CT molecular complexity index is 721. The van der Waals surface area contributed by atoms with E-state index in [1.165, 1.54) is 0 Å². The van der Waals surface area contributed by atoms with E-state index in [1.54, 1.807) is 20.8 Å². The first-order valence-electron chi connectivity index (χ1n) is 9.99. The molecule has 0 spiro atoms. The predicted molar refractivity (Wildman–Crippen MR) is 117 cm³/mol. The zero-order chi connectivity index (χ0) is 23.1. The van der Waals surface area contributed by atoms with Crippen molar-refractivity contribution in [2.24, 2.45) is 5.92 Å². The lowest BCUT2D eigenvalue weighted by atomic mass is 9.99. The molecule has 0 fully saturated rings. The molecule has 1 aromatic rings. The van der Waals surface area contributed by atoms with Crippen molar-refractivity contribution in [2.45, 2.75) is 84.5 Å². The normalized spacial score (nSPS) is 15.2. The van der Waals surface area contributed by atoms with Gasteiger partial charge in [-0.2, -0.15) is 0 Å². The largest absolute Gasteiger partial charge is 0.509 e. The Morgan fingerprint density at radius 3 is 2.07 bits per heavy atom. The number of carbonyl (C=O) groups excluding carboxylic acids is 2. The van der Waals surface area contributed by atoms with Gasteiger partial charge in [-0.15, -0.1) is 0 Å². The van der Waals surface area contributed by atoms with Crippen LogP contribution in [0.1, 0.15) is 61.0 Å².